The molecule has 1 atom stereocenters. The molecule has 2 N–H and O–H groups in total. The number of hydrogen-bond donors (Lipinski definition) is 2. The lowest BCUT2D eigenvalue weighted by molar-refractivity contribution is -0.130. The van der Waals surface area contributed by atoms with E-state index in [-0.39, 0.29) is 0 Å². The molecule has 0 bridgehead atoms. The van der Waals surface area contributed by atoms with Gasteiger partial charge in [-0.05, 0) is 45.4 Å². The minimum absolute atomic E-state index is 0.299. The maximum Gasteiger partial charge on any atom is 0.222 e. The molecular weight excluding hydrogens is 344 g/mol. The molecule has 0 spiro atoms. The maximum absolute atomic E-state index is 12.0. The number of amides is 1. The van der Waals surface area contributed by atoms with Gasteiger partial charge in [-0.1, -0.05) is 6.42 Å². The first-order valence-electron chi connectivity index (χ1n) is 10.8. The Morgan fingerprint density at radius 3 is 3.00 bits per heavy atom. The zero-order valence-corrected chi connectivity index (χ0v) is 17.0. The van der Waals surface area contributed by atoms with Gasteiger partial charge in [0.05, 0.1) is 12.7 Å². The van der Waals surface area contributed by atoms with Gasteiger partial charge in [-0.25, -0.2) is 0 Å². The predicted octanol–water partition coefficient (Wildman–Crippen LogP) is 1.92. The van der Waals surface area contributed by atoms with Crippen molar-refractivity contribution in [1.82, 2.24) is 15.5 Å². The zero-order valence-electron chi connectivity index (χ0n) is 17.0. The monoisotopic (exact) mass is 382 g/mol. The van der Waals surface area contributed by atoms with Crippen molar-refractivity contribution in [3.8, 4) is 0 Å². The molecule has 1 unspecified atom stereocenters. The van der Waals surface area contributed by atoms with E-state index in [0.717, 1.165) is 90.4 Å². The minimum Gasteiger partial charge on any atom is -0.379 e. The number of carbonyl (C=O) groups excluding carboxylic acids is 1. The van der Waals surface area contributed by atoms with Crippen molar-refractivity contribution in [3.05, 3.63) is 0 Å². The van der Waals surface area contributed by atoms with Crippen LogP contribution in [0.15, 0.2) is 4.99 Å². The molecule has 2 fully saturated rings. The maximum atomic E-state index is 12.0. The number of nitrogens with one attached hydrogen (secondary N) is 2. The first kappa shape index (κ1) is 22.0. The molecule has 2 heterocycles. The van der Waals surface area contributed by atoms with E-state index in [1.165, 1.54) is 6.42 Å². The summed E-state index contributed by atoms with van der Waals surface area (Å²) >= 11 is 0. The Morgan fingerprint density at radius 1 is 1.26 bits per heavy atom. The summed E-state index contributed by atoms with van der Waals surface area (Å²) < 4.78 is 11.2. The molecule has 156 valence electrons. The lowest BCUT2D eigenvalue weighted by Crippen LogP contribution is -2.38. The van der Waals surface area contributed by atoms with Crippen LogP contribution < -0.4 is 10.6 Å². The van der Waals surface area contributed by atoms with E-state index < -0.39 is 0 Å². The van der Waals surface area contributed by atoms with E-state index in [0.29, 0.717) is 25.0 Å². The Bertz CT molecular complexity index is 439. The third kappa shape index (κ3) is 9.42. The van der Waals surface area contributed by atoms with Gasteiger partial charge in [0.15, 0.2) is 5.96 Å². The SMILES string of the molecule is CCNC(=NCCCN1CCCCCC1=O)NCCCOCC1CCCO1. The molecule has 0 radical (unpaired) electrons. The quantitative estimate of drug-likeness (QED) is 0.324. The second kappa shape index (κ2) is 13.8. The summed E-state index contributed by atoms with van der Waals surface area (Å²) in [4.78, 5) is 18.6. The average Bonchev–Trinajstić information content (AvgIpc) is 3.10. The van der Waals surface area contributed by atoms with Crippen LogP contribution in [0, 0.1) is 0 Å². The Hall–Kier alpha value is -1.34. The number of likely N-dealkylation sites (tertiary alicyclic amines) is 1. The minimum atomic E-state index is 0.299. The third-order valence-electron chi connectivity index (χ3n) is 4.96. The second-order valence-corrected chi connectivity index (χ2v) is 7.30. The van der Waals surface area contributed by atoms with E-state index in [1.54, 1.807) is 0 Å². The largest absolute Gasteiger partial charge is 0.379 e. The Labute approximate surface area is 164 Å². The number of nitrogens with zero attached hydrogens (tertiary/aromatic N) is 2. The van der Waals surface area contributed by atoms with Crippen molar-refractivity contribution in [2.24, 2.45) is 4.99 Å². The molecule has 2 saturated heterocycles. The van der Waals surface area contributed by atoms with Crippen LogP contribution in [0.3, 0.4) is 0 Å². The van der Waals surface area contributed by atoms with Gasteiger partial charge in [-0.2, -0.15) is 0 Å². The second-order valence-electron chi connectivity index (χ2n) is 7.30. The van der Waals surface area contributed by atoms with Crippen LogP contribution in [0.1, 0.15) is 58.3 Å². The van der Waals surface area contributed by atoms with Gasteiger partial charge in [0, 0.05) is 52.4 Å². The third-order valence-corrected chi connectivity index (χ3v) is 4.96. The molecular formula is C20H38N4O3. The lowest BCUT2D eigenvalue weighted by Gasteiger charge is -2.20. The first-order chi connectivity index (χ1) is 13.3. The molecule has 2 rings (SSSR count). The molecule has 0 aromatic heterocycles. The smallest absolute Gasteiger partial charge is 0.222 e. The van der Waals surface area contributed by atoms with Gasteiger partial charge in [0.2, 0.25) is 5.91 Å². The Balaban J connectivity index is 1.55. The molecule has 1 amide bonds. The number of rotatable bonds is 11. The topological polar surface area (TPSA) is 75.2 Å². The van der Waals surface area contributed by atoms with Gasteiger partial charge >= 0.3 is 0 Å². The van der Waals surface area contributed by atoms with Gasteiger partial charge in [-0.15, -0.1) is 0 Å². The van der Waals surface area contributed by atoms with Gasteiger partial charge < -0.3 is 25.0 Å². The van der Waals surface area contributed by atoms with Crippen LogP contribution in [-0.2, 0) is 14.3 Å². The summed E-state index contributed by atoms with van der Waals surface area (Å²) in [5, 5.41) is 6.63. The molecule has 0 aromatic carbocycles. The standard InChI is InChI=1S/C20H38N4O3/c1-2-21-20(23-12-8-15-26-17-18-9-6-16-27-18)22-11-7-14-24-13-5-3-4-10-19(24)25/h18H,2-17H2,1H3,(H2,21,22,23). The van der Waals surface area contributed by atoms with Gasteiger partial charge in [0.1, 0.15) is 0 Å². The van der Waals surface area contributed by atoms with Crippen LogP contribution in [0.25, 0.3) is 0 Å². The normalized spacial score (nSPS) is 21.4. The number of guanidine groups is 1. The number of hydrogen-bond acceptors (Lipinski definition) is 4. The van der Waals surface area contributed by atoms with Gasteiger partial charge in [-0.3, -0.25) is 9.79 Å². The van der Waals surface area contributed by atoms with Crippen molar-refractivity contribution >= 4 is 11.9 Å². The van der Waals surface area contributed by atoms with Gasteiger partial charge in [0.25, 0.3) is 0 Å². The van der Waals surface area contributed by atoms with Crippen molar-refractivity contribution in [1.29, 1.82) is 0 Å². The fraction of sp³-hybridized carbons (Fsp3) is 0.900. The lowest BCUT2D eigenvalue weighted by atomic mass is 10.2. The van der Waals surface area contributed by atoms with Crippen molar-refractivity contribution in [2.45, 2.75) is 64.4 Å². The number of aliphatic imine (C=N–C) groups is 1. The summed E-state index contributed by atoms with van der Waals surface area (Å²) in [6.45, 7) is 8.53. The van der Waals surface area contributed by atoms with E-state index >= 15 is 0 Å². The highest BCUT2D eigenvalue weighted by atomic mass is 16.5. The molecule has 7 heteroatoms. The first-order valence-corrected chi connectivity index (χ1v) is 10.8. The summed E-state index contributed by atoms with van der Waals surface area (Å²) in [6, 6.07) is 0. The Kier molecular flexibility index (Phi) is 11.2. The van der Waals surface area contributed by atoms with Crippen LogP contribution >= 0.6 is 0 Å². The molecule has 0 aromatic rings. The highest BCUT2D eigenvalue weighted by Crippen LogP contribution is 2.12. The van der Waals surface area contributed by atoms with Crippen LogP contribution in [0.5, 0.6) is 0 Å². The number of ether oxygens (including phenoxy) is 2. The molecule has 2 aliphatic heterocycles. The summed E-state index contributed by atoms with van der Waals surface area (Å²) in [6.07, 6.45) is 8.49. The molecule has 2 aliphatic rings. The van der Waals surface area contributed by atoms with Crippen LogP contribution in [0.2, 0.25) is 0 Å². The predicted molar refractivity (Wildman–Crippen MR) is 108 cm³/mol. The van der Waals surface area contributed by atoms with E-state index in [2.05, 4.69) is 22.5 Å². The highest BCUT2D eigenvalue weighted by molar-refractivity contribution is 5.79. The fourth-order valence-electron chi connectivity index (χ4n) is 3.44. The summed E-state index contributed by atoms with van der Waals surface area (Å²) in [7, 11) is 0. The van der Waals surface area contributed by atoms with E-state index in [9.17, 15) is 4.79 Å². The van der Waals surface area contributed by atoms with E-state index in [4.69, 9.17) is 9.47 Å². The molecule has 0 saturated carbocycles. The summed E-state index contributed by atoms with van der Waals surface area (Å²) in [5.74, 6) is 1.16. The van der Waals surface area contributed by atoms with Crippen LogP contribution in [0.4, 0.5) is 0 Å². The summed E-state index contributed by atoms with van der Waals surface area (Å²) in [5.41, 5.74) is 0. The average molecular weight is 383 g/mol. The zero-order chi connectivity index (χ0) is 19.2. The molecule has 27 heavy (non-hydrogen) atoms. The number of carbonyl (C=O) groups is 1. The van der Waals surface area contributed by atoms with E-state index in [1.807, 2.05) is 4.90 Å². The highest BCUT2D eigenvalue weighted by Gasteiger charge is 2.16. The van der Waals surface area contributed by atoms with Crippen molar-refractivity contribution < 1.29 is 14.3 Å². The fourth-order valence-corrected chi connectivity index (χ4v) is 3.44. The van der Waals surface area contributed by atoms with Crippen molar-refractivity contribution in [3.63, 3.8) is 0 Å². The van der Waals surface area contributed by atoms with Crippen molar-refractivity contribution in [2.75, 3.05) is 52.5 Å². The Morgan fingerprint density at radius 2 is 2.19 bits per heavy atom. The molecule has 7 nitrogen and oxygen atoms in total. The van der Waals surface area contributed by atoms with Crippen LogP contribution in [-0.4, -0.2) is 75.4 Å². The molecule has 0 aliphatic carbocycles.